The fourth-order valence-electron chi connectivity index (χ4n) is 2.89. The highest BCUT2D eigenvalue weighted by atomic mass is 16.5. The fourth-order valence-corrected chi connectivity index (χ4v) is 2.89. The molecule has 7 nitrogen and oxygen atoms in total. The number of aryl methyl sites for hydroxylation is 1. The van der Waals surface area contributed by atoms with Crippen LogP contribution >= 0.6 is 0 Å². The topological polar surface area (TPSA) is 112 Å². The maximum atomic E-state index is 11.9. The number of carbonyl (C=O) groups excluding carboxylic acids is 2. The van der Waals surface area contributed by atoms with E-state index in [-0.39, 0.29) is 31.8 Å². The largest absolute Gasteiger partial charge is 0.503 e. The second kappa shape index (κ2) is 12.3. The van der Waals surface area contributed by atoms with Gasteiger partial charge in [-0.2, -0.15) is 0 Å². The Morgan fingerprint density at radius 1 is 1.15 bits per heavy atom. The Bertz CT molecular complexity index is 682. The minimum atomic E-state index is -0.559. The molecule has 27 heavy (non-hydrogen) atoms. The van der Waals surface area contributed by atoms with Crippen molar-refractivity contribution in [1.29, 1.82) is 0 Å². The number of ether oxygens (including phenoxy) is 1. The van der Waals surface area contributed by atoms with Crippen molar-refractivity contribution in [1.82, 2.24) is 4.57 Å². The third-order valence-electron chi connectivity index (χ3n) is 4.54. The van der Waals surface area contributed by atoms with Crippen molar-refractivity contribution in [3.8, 4) is 5.75 Å². The summed E-state index contributed by atoms with van der Waals surface area (Å²) in [4.78, 5) is 34.9. The van der Waals surface area contributed by atoms with E-state index in [0.717, 1.165) is 25.0 Å². The molecule has 0 amide bonds. The lowest BCUT2D eigenvalue weighted by atomic mass is 10.1. The van der Waals surface area contributed by atoms with Crippen LogP contribution in [0.15, 0.2) is 10.9 Å². The number of aromatic hydroxyl groups is 1. The van der Waals surface area contributed by atoms with Gasteiger partial charge in [-0.15, -0.1) is 0 Å². The first kappa shape index (κ1) is 22.9. The van der Waals surface area contributed by atoms with Gasteiger partial charge in [0.1, 0.15) is 18.1 Å². The fraction of sp³-hybridized carbons (Fsp3) is 0.650. The number of esters is 1. The van der Waals surface area contributed by atoms with Crippen LogP contribution in [0.3, 0.4) is 0 Å². The van der Waals surface area contributed by atoms with Gasteiger partial charge in [-0.25, -0.2) is 0 Å². The molecule has 0 saturated carbocycles. The molecule has 3 N–H and O–H groups in total. The normalized spacial score (nSPS) is 10.8. The lowest BCUT2D eigenvalue weighted by Gasteiger charge is -2.18. The minimum absolute atomic E-state index is 0.0275. The van der Waals surface area contributed by atoms with Crippen molar-refractivity contribution < 1.29 is 19.4 Å². The number of unbranched alkanes of at least 4 members (excludes halogenated alkanes) is 5. The van der Waals surface area contributed by atoms with E-state index in [1.165, 1.54) is 25.3 Å². The highest BCUT2D eigenvalue weighted by Crippen LogP contribution is 2.18. The number of nitrogens with two attached hydrogens (primary N) is 1. The third kappa shape index (κ3) is 7.95. The Morgan fingerprint density at radius 3 is 2.48 bits per heavy atom. The molecule has 1 rings (SSSR count). The Hall–Kier alpha value is -2.15. The smallest absolute Gasteiger partial charge is 0.306 e. The zero-order valence-electron chi connectivity index (χ0n) is 16.5. The molecular formula is C20H32N2O5. The van der Waals surface area contributed by atoms with Gasteiger partial charge in [0.15, 0.2) is 5.75 Å². The van der Waals surface area contributed by atoms with Gasteiger partial charge in [0.05, 0.1) is 13.0 Å². The van der Waals surface area contributed by atoms with Crippen LogP contribution < -0.4 is 11.2 Å². The molecule has 0 aliphatic heterocycles. The van der Waals surface area contributed by atoms with Crippen LogP contribution in [0.5, 0.6) is 5.75 Å². The number of nitrogens with zero attached hydrogens (tertiary/aromatic N) is 1. The number of hydrogen-bond acceptors (Lipinski definition) is 6. The number of hydrogen-bond donors (Lipinski definition) is 2. The van der Waals surface area contributed by atoms with E-state index in [1.54, 1.807) is 6.92 Å². The molecule has 0 fully saturated rings. The second-order valence-electron chi connectivity index (χ2n) is 6.77. The van der Waals surface area contributed by atoms with E-state index in [9.17, 15) is 19.5 Å². The van der Waals surface area contributed by atoms with Crippen LogP contribution in [-0.4, -0.2) is 28.0 Å². The Labute approximate surface area is 160 Å². The Morgan fingerprint density at radius 2 is 1.81 bits per heavy atom. The molecule has 0 atom stereocenters. The first-order chi connectivity index (χ1) is 12.9. The SMILES string of the molecule is CCCCCCCCn1c(C)cc(=O)c(O)c1COC(=O)CCC(=O)CN. The molecule has 0 radical (unpaired) electrons. The standard InChI is InChI=1S/C20H32N2O5/c1-3-4-5-6-7-8-11-22-15(2)12-18(24)20(26)17(22)14-27-19(25)10-9-16(23)13-21/h12,26H,3-11,13-14,21H2,1-2H3. The predicted octanol–water partition coefficient (Wildman–Crippen LogP) is 2.57. The van der Waals surface area contributed by atoms with Gasteiger partial charge in [0.2, 0.25) is 5.43 Å². The van der Waals surface area contributed by atoms with E-state index >= 15 is 0 Å². The van der Waals surface area contributed by atoms with E-state index in [4.69, 9.17) is 10.5 Å². The van der Waals surface area contributed by atoms with Crippen molar-refractivity contribution in [2.24, 2.45) is 5.73 Å². The molecule has 0 aromatic carbocycles. The maximum absolute atomic E-state index is 11.9. The number of Topliss-reactive ketones (excluding diaryl/α,β-unsaturated/α-hetero) is 1. The maximum Gasteiger partial charge on any atom is 0.306 e. The van der Waals surface area contributed by atoms with Crippen molar-refractivity contribution in [2.75, 3.05) is 6.54 Å². The predicted molar refractivity (Wildman–Crippen MR) is 104 cm³/mol. The van der Waals surface area contributed by atoms with Crippen LogP contribution in [0.4, 0.5) is 0 Å². The lowest BCUT2D eigenvalue weighted by molar-refractivity contribution is -0.146. The van der Waals surface area contributed by atoms with Crippen LogP contribution in [0.25, 0.3) is 0 Å². The number of carbonyl (C=O) groups is 2. The minimum Gasteiger partial charge on any atom is -0.503 e. The summed E-state index contributed by atoms with van der Waals surface area (Å²) in [6.07, 6.45) is 6.72. The average molecular weight is 380 g/mol. The third-order valence-corrected chi connectivity index (χ3v) is 4.54. The molecule has 152 valence electrons. The van der Waals surface area contributed by atoms with Gasteiger partial charge in [0, 0.05) is 24.7 Å². The van der Waals surface area contributed by atoms with Crippen molar-refractivity contribution in [3.05, 3.63) is 27.7 Å². The molecule has 1 aromatic rings. The van der Waals surface area contributed by atoms with Crippen molar-refractivity contribution in [3.63, 3.8) is 0 Å². The average Bonchev–Trinajstić information content (AvgIpc) is 2.65. The quantitative estimate of drug-likeness (QED) is 0.402. The van der Waals surface area contributed by atoms with E-state index in [0.29, 0.717) is 12.2 Å². The molecule has 0 spiro atoms. The zero-order chi connectivity index (χ0) is 20.2. The van der Waals surface area contributed by atoms with Crippen LogP contribution in [0.1, 0.15) is 69.7 Å². The monoisotopic (exact) mass is 380 g/mol. The molecule has 1 heterocycles. The molecule has 0 saturated heterocycles. The number of rotatable bonds is 13. The summed E-state index contributed by atoms with van der Waals surface area (Å²) >= 11 is 0. The van der Waals surface area contributed by atoms with Crippen LogP contribution in [0.2, 0.25) is 0 Å². The number of ketones is 1. The molecule has 0 aliphatic rings. The number of aromatic nitrogens is 1. The summed E-state index contributed by atoms with van der Waals surface area (Å²) in [5.41, 5.74) is 5.73. The van der Waals surface area contributed by atoms with Gasteiger partial charge in [-0.05, 0) is 13.3 Å². The van der Waals surface area contributed by atoms with Gasteiger partial charge in [-0.3, -0.25) is 14.4 Å². The van der Waals surface area contributed by atoms with E-state index < -0.39 is 17.1 Å². The van der Waals surface area contributed by atoms with E-state index in [1.807, 2.05) is 4.57 Å². The zero-order valence-corrected chi connectivity index (χ0v) is 16.5. The first-order valence-corrected chi connectivity index (χ1v) is 9.70. The van der Waals surface area contributed by atoms with Crippen LogP contribution in [-0.2, 0) is 27.5 Å². The summed E-state index contributed by atoms with van der Waals surface area (Å²) < 4.78 is 6.99. The van der Waals surface area contributed by atoms with Gasteiger partial charge in [0.25, 0.3) is 0 Å². The van der Waals surface area contributed by atoms with Gasteiger partial charge in [-0.1, -0.05) is 39.0 Å². The van der Waals surface area contributed by atoms with Crippen molar-refractivity contribution >= 4 is 11.8 Å². The van der Waals surface area contributed by atoms with Crippen LogP contribution in [0, 0.1) is 6.92 Å². The molecule has 0 unspecified atom stereocenters. The Balaban J connectivity index is 2.71. The van der Waals surface area contributed by atoms with Gasteiger partial charge >= 0.3 is 5.97 Å². The summed E-state index contributed by atoms with van der Waals surface area (Å²) in [7, 11) is 0. The summed E-state index contributed by atoms with van der Waals surface area (Å²) in [6, 6.07) is 1.39. The second-order valence-corrected chi connectivity index (χ2v) is 6.77. The summed E-state index contributed by atoms with van der Waals surface area (Å²) in [5.74, 6) is -1.17. The van der Waals surface area contributed by atoms with Gasteiger partial charge < -0.3 is 20.1 Å². The van der Waals surface area contributed by atoms with E-state index in [2.05, 4.69) is 6.92 Å². The number of pyridine rings is 1. The molecule has 7 heteroatoms. The molecular weight excluding hydrogens is 348 g/mol. The van der Waals surface area contributed by atoms with Crippen molar-refractivity contribution in [2.45, 2.75) is 78.4 Å². The lowest BCUT2D eigenvalue weighted by Crippen LogP contribution is -2.19. The summed E-state index contributed by atoms with van der Waals surface area (Å²) in [6.45, 7) is 4.30. The molecule has 0 bridgehead atoms. The highest BCUT2D eigenvalue weighted by Gasteiger charge is 2.15. The first-order valence-electron chi connectivity index (χ1n) is 9.70. The highest BCUT2D eigenvalue weighted by molar-refractivity contribution is 5.84. The molecule has 0 aliphatic carbocycles. The Kier molecular flexibility index (Phi) is 10.4. The molecule has 1 aromatic heterocycles. The summed E-state index contributed by atoms with van der Waals surface area (Å²) in [5, 5.41) is 10.1.